The standard InChI is InChI=1S/C18H17N3OS2/c1-11-5-7-13(8-6-11)14-12(2)24-17-15(14)16(22)20-18(21-17)23-10-4-3-9-19/h5-8H,3-4,10H2,1-2H3,(H,20,21,22). The van der Waals surface area contributed by atoms with E-state index in [1.165, 1.54) is 17.3 Å². The van der Waals surface area contributed by atoms with Crippen LogP contribution in [0.25, 0.3) is 21.3 Å². The van der Waals surface area contributed by atoms with Gasteiger partial charge in [0.2, 0.25) is 0 Å². The van der Waals surface area contributed by atoms with E-state index in [1.807, 2.05) is 26.0 Å². The topological polar surface area (TPSA) is 69.5 Å². The van der Waals surface area contributed by atoms with E-state index in [9.17, 15) is 4.79 Å². The molecule has 0 saturated heterocycles. The normalized spacial score (nSPS) is 10.9. The van der Waals surface area contributed by atoms with Crippen molar-refractivity contribution in [2.75, 3.05) is 5.75 Å². The average molecular weight is 355 g/mol. The van der Waals surface area contributed by atoms with E-state index < -0.39 is 0 Å². The number of benzene rings is 1. The van der Waals surface area contributed by atoms with Gasteiger partial charge in [-0.2, -0.15) is 5.26 Å². The molecule has 3 aromatic rings. The number of nitrogens with one attached hydrogen (secondary N) is 1. The number of aryl methyl sites for hydroxylation is 2. The lowest BCUT2D eigenvalue weighted by Gasteiger charge is -2.03. The predicted octanol–water partition coefficient (Wildman–Crippen LogP) is 4.66. The molecule has 3 rings (SSSR count). The molecule has 1 aromatic carbocycles. The maximum atomic E-state index is 12.6. The second kappa shape index (κ2) is 7.20. The predicted molar refractivity (Wildman–Crippen MR) is 101 cm³/mol. The molecule has 0 aliphatic heterocycles. The second-order valence-corrected chi connectivity index (χ2v) is 7.85. The number of unbranched alkanes of at least 4 members (excludes halogenated alkanes) is 1. The summed E-state index contributed by atoms with van der Waals surface area (Å²) in [6, 6.07) is 10.3. The van der Waals surface area contributed by atoms with Gasteiger partial charge in [-0.05, 0) is 25.8 Å². The van der Waals surface area contributed by atoms with Crippen molar-refractivity contribution in [2.45, 2.75) is 31.8 Å². The van der Waals surface area contributed by atoms with Crippen molar-refractivity contribution in [3.63, 3.8) is 0 Å². The van der Waals surface area contributed by atoms with E-state index in [0.717, 1.165) is 33.0 Å². The molecule has 0 atom stereocenters. The molecule has 4 nitrogen and oxygen atoms in total. The lowest BCUT2D eigenvalue weighted by atomic mass is 10.0. The molecule has 0 amide bonds. The van der Waals surface area contributed by atoms with Crippen LogP contribution in [0, 0.1) is 25.2 Å². The van der Waals surface area contributed by atoms with Crippen molar-refractivity contribution < 1.29 is 0 Å². The lowest BCUT2D eigenvalue weighted by Crippen LogP contribution is -2.08. The van der Waals surface area contributed by atoms with Gasteiger partial charge in [-0.15, -0.1) is 11.3 Å². The summed E-state index contributed by atoms with van der Waals surface area (Å²) in [5.41, 5.74) is 3.12. The van der Waals surface area contributed by atoms with Crippen molar-refractivity contribution in [3.05, 3.63) is 45.1 Å². The van der Waals surface area contributed by atoms with Gasteiger partial charge in [-0.1, -0.05) is 41.6 Å². The highest BCUT2D eigenvalue weighted by atomic mass is 32.2. The molecule has 0 unspecified atom stereocenters. The number of nitrogens with zero attached hydrogens (tertiary/aromatic N) is 2. The molecule has 2 heterocycles. The highest BCUT2D eigenvalue weighted by molar-refractivity contribution is 7.99. The Bertz CT molecular complexity index is 965. The zero-order chi connectivity index (χ0) is 17.1. The molecule has 122 valence electrons. The minimum atomic E-state index is -0.0947. The fraction of sp³-hybridized carbons (Fsp3) is 0.278. The molecule has 24 heavy (non-hydrogen) atoms. The molecule has 0 spiro atoms. The summed E-state index contributed by atoms with van der Waals surface area (Å²) in [7, 11) is 0. The van der Waals surface area contributed by atoms with E-state index in [2.05, 4.69) is 28.2 Å². The average Bonchev–Trinajstić information content (AvgIpc) is 2.89. The van der Waals surface area contributed by atoms with Crippen LogP contribution in [0.2, 0.25) is 0 Å². The quantitative estimate of drug-likeness (QED) is 0.410. The highest BCUT2D eigenvalue weighted by Gasteiger charge is 2.16. The van der Waals surface area contributed by atoms with Crippen molar-refractivity contribution in [1.29, 1.82) is 5.26 Å². The maximum absolute atomic E-state index is 12.6. The number of rotatable bonds is 5. The summed E-state index contributed by atoms with van der Waals surface area (Å²) in [5, 5.41) is 9.87. The van der Waals surface area contributed by atoms with Crippen LogP contribution in [0.3, 0.4) is 0 Å². The van der Waals surface area contributed by atoms with Crippen LogP contribution in [0.15, 0.2) is 34.2 Å². The van der Waals surface area contributed by atoms with E-state index >= 15 is 0 Å². The zero-order valence-corrected chi connectivity index (χ0v) is 15.2. The molecule has 0 bridgehead atoms. The van der Waals surface area contributed by atoms with Gasteiger partial charge in [0.15, 0.2) is 5.16 Å². The number of H-pyrrole nitrogens is 1. The third-order valence-corrected chi connectivity index (χ3v) is 5.69. The number of thioether (sulfide) groups is 1. The summed E-state index contributed by atoms with van der Waals surface area (Å²) in [6.07, 6.45) is 1.32. The Morgan fingerprint density at radius 1 is 1.29 bits per heavy atom. The number of hydrogen-bond acceptors (Lipinski definition) is 5. The maximum Gasteiger partial charge on any atom is 0.260 e. The van der Waals surface area contributed by atoms with E-state index in [1.54, 1.807) is 11.3 Å². The summed E-state index contributed by atoms with van der Waals surface area (Å²) in [4.78, 5) is 22.0. The Balaban J connectivity index is 2.01. The van der Waals surface area contributed by atoms with Crippen LogP contribution < -0.4 is 5.56 Å². The minimum absolute atomic E-state index is 0.0947. The Morgan fingerprint density at radius 3 is 2.75 bits per heavy atom. The molecular formula is C18H17N3OS2. The molecule has 0 fully saturated rings. The second-order valence-electron chi connectivity index (χ2n) is 5.56. The fourth-order valence-electron chi connectivity index (χ4n) is 2.56. The minimum Gasteiger partial charge on any atom is -0.301 e. The van der Waals surface area contributed by atoms with Gasteiger partial charge in [0.05, 0.1) is 11.5 Å². The number of aromatic nitrogens is 2. The van der Waals surface area contributed by atoms with Gasteiger partial charge in [0, 0.05) is 22.6 Å². The summed E-state index contributed by atoms with van der Waals surface area (Å²) < 4.78 is 0. The van der Waals surface area contributed by atoms with E-state index in [4.69, 9.17) is 5.26 Å². The Labute approximate surface area is 148 Å². The van der Waals surface area contributed by atoms with Crippen LogP contribution in [0.5, 0.6) is 0 Å². The number of nitriles is 1. The first-order valence-corrected chi connectivity index (χ1v) is 9.50. The molecule has 0 saturated carbocycles. The zero-order valence-electron chi connectivity index (χ0n) is 13.5. The molecular weight excluding hydrogens is 338 g/mol. The molecule has 0 aliphatic rings. The van der Waals surface area contributed by atoms with Crippen molar-refractivity contribution in [1.82, 2.24) is 9.97 Å². The number of fused-ring (bicyclic) bond motifs is 1. The van der Waals surface area contributed by atoms with Crippen LogP contribution in [-0.4, -0.2) is 15.7 Å². The molecule has 0 radical (unpaired) electrons. The first-order chi connectivity index (χ1) is 11.6. The molecule has 2 aromatic heterocycles. The molecule has 0 aliphatic carbocycles. The molecule has 6 heteroatoms. The van der Waals surface area contributed by atoms with Crippen molar-refractivity contribution in [2.24, 2.45) is 0 Å². The van der Waals surface area contributed by atoms with Crippen LogP contribution in [-0.2, 0) is 0 Å². The fourth-order valence-corrected chi connectivity index (χ4v) is 4.46. The summed E-state index contributed by atoms with van der Waals surface area (Å²) in [5.74, 6) is 0.775. The van der Waals surface area contributed by atoms with Gasteiger partial charge in [-0.25, -0.2) is 4.98 Å². The summed E-state index contributed by atoms with van der Waals surface area (Å²) in [6.45, 7) is 4.08. The molecule has 1 N–H and O–H groups in total. The first-order valence-electron chi connectivity index (χ1n) is 7.70. The number of aromatic amines is 1. The Hall–Kier alpha value is -2.10. The van der Waals surface area contributed by atoms with E-state index in [0.29, 0.717) is 17.0 Å². The highest BCUT2D eigenvalue weighted by Crippen LogP contribution is 2.36. The third-order valence-electron chi connectivity index (χ3n) is 3.73. The van der Waals surface area contributed by atoms with Gasteiger partial charge in [0.25, 0.3) is 5.56 Å². The Morgan fingerprint density at radius 2 is 2.04 bits per heavy atom. The van der Waals surface area contributed by atoms with Gasteiger partial charge in [0.1, 0.15) is 4.83 Å². The summed E-state index contributed by atoms with van der Waals surface area (Å²) >= 11 is 3.04. The van der Waals surface area contributed by atoms with Crippen LogP contribution in [0.1, 0.15) is 23.3 Å². The largest absolute Gasteiger partial charge is 0.301 e. The van der Waals surface area contributed by atoms with Gasteiger partial charge >= 0.3 is 0 Å². The smallest absolute Gasteiger partial charge is 0.260 e. The van der Waals surface area contributed by atoms with Gasteiger partial charge in [-0.3, -0.25) is 4.79 Å². The van der Waals surface area contributed by atoms with Gasteiger partial charge < -0.3 is 4.98 Å². The number of hydrogen-bond donors (Lipinski definition) is 1. The SMILES string of the molecule is Cc1ccc(-c2c(C)sc3nc(SCCCC#N)[nH]c(=O)c23)cc1. The first kappa shape index (κ1) is 16.7. The third kappa shape index (κ3) is 3.37. The van der Waals surface area contributed by atoms with Crippen molar-refractivity contribution >= 4 is 33.3 Å². The van der Waals surface area contributed by atoms with Crippen LogP contribution >= 0.6 is 23.1 Å². The van der Waals surface area contributed by atoms with Crippen LogP contribution in [0.4, 0.5) is 0 Å². The monoisotopic (exact) mass is 355 g/mol. The Kier molecular flexibility index (Phi) is 5.03. The van der Waals surface area contributed by atoms with E-state index in [-0.39, 0.29) is 5.56 Å². The number of thiophene rings is 1. The lowest BCUT2D eigenvalue weighted by molar-refractivity contribution is 0.951. The van der Waals surface area contributed by atoms with Crippen molar-refractivity contribution in [3.8, 4) is 17.2 Å².